The molecule has 0 unspecified atom stereocenters. The average molecular weight is 504 g/mol. The lowest BCUT2D eigenvalue weighted by atomic mass is 9.66. The van der Waals surface area contributed by atoms with Crippen LogP contribution in [0.3, 0.4) is 0 Å². The summed E-state index contributed by atoms with van der Waals surface area (Å²) in [7, 11) is 0. The van der Waals surface area contributed by atoms with E-state index in [1.54, 1.807) is 30.0 Å². The number of likely N-dealkylation sites (tertiary alicyclic amines) is 1. The number of carboxylic acid groups (broad SMARTS) is 1. The molecule has 2 N–H and O–H groups in total. The fraction of sp³-hybridized carbons (Fsp3) is 0.481. The molecule has 5 atom stereocenters. The smallest absolute Gasteiger partial charge is 0.304 e. The van der Waals surface area contributed by atoms with Gasteiger partial charge in [0.25, 0.3) is 0 Å². The van der Waals surface area contributed by atoms with Crippen LogP contribution in [-0.2, 0) is 9.59 Å². The van der Waals surface area contributed by atoms with Crippen LogP contribution in [-0.4, -0.2) is 39.1 Å². The molecule has 1 amide bonds. The van der Waals surface area contributed by atoms with E-state index in [2.05, 4.69) is 0 Å². The van der Waals surface area contributed by atoms with Gasteiger partial charge in [-0.25, -0.2) is 0 Å². The van der Waals surface area contributed by atoms with Crippen molar-refractivity contribution in [1.82, 2.24) is 4.90 Å². The Morgan fingerprint density at radius 1 is 1.12 bits per heavy atom. The monoisotopic (exact) mass is 503 g/mol. The number of hydrogen-bond donors (Lipinski definition) is 2. The van der Waals surface area contributed by atoms with Gasteiger partial charge in [-0.1, -0.05) is 61.3 Å². The number of carbonyl (C=O) groups is 2. The second-order valence-corrected chi connectivity index (χ2v) is 10.9. The van der Waals surface area contributed by atoms with E-state index in [0.717, 1.165) is 24.0 Å². The van der Waals surface area contributed by atoms with Gasteiger partial charge in [0.15, 0.2) is 0 Å². The van der Waals surface area contributed by atoms with Gasteiger partial charge in [0, 0.05) is 16.0 Å². The number of nitrogens with zero attached hydrogens (tertiary/aromatic N) is 1. The van der Waals surface area contributed by atoms with Crippen molar-refractivity contribution < 1.29 is 19.8 Å². The number of rotatable bonds is 8. The summed E-state index contributed by atoms with van der Waals surface area (Å²) in [6.45, 7) is 3.71. The van der Waals surface area contributed by atoms with E-state index in [-0.39, 0.29) is 30.2 Å². The fourth-order valence-electron chi connectivity index (χ4n) is 5.60. The minimum Gasteiger partial charge on any atom is -0.481 e. The topological polar surface area (TPSA) is 77.8 Å². The Kier molecular flexibility index (Phi) is 7.28. The van der Waals surface area contributed by atoms with Gasteiger partial charge in [-0.05, 0) is 67.0 Å². The van der Waals surface area contributed by atoms with E-state index < -0.39 is 23.5 Å². The van der Waals surface area contributed by atoms with Crippen LogP contribution in [0.15, 0.2) is 48.5 Å². The third kappa shape index (κ3) is 4.98. The van der Waals surface area contributed by atoms with E-state index in [1.165, 1.54) is 0 Å². The first kappa shape index (κ1) is 25.0. The summed E-state index contributed by atoms with van der Waals surface area (Å²) in [4.78, 5) is 27.8. The molecule has 0 aromatic heterocycles. The zero-order valence-electron chi connectivity index (χ0n) is 19.5. The molecule has 1 aliphatic carbocycles. The maximum Gasteiger partial charge on any atom is 0.304 e. The molecule has 0 radical (unpaired) electrons. The van der Waals surface area contributed by atoms with Crippen LogP contribution in [0.2, 0.25) is 10.0 Å². The zero-order valence-corrected chi connectivity index (χ0v) is 21.0. The van der Waals surface area contributed by atoms with E-state index in [1.807, 2.05) is 37.3 Å². The lowest BCUT2D eigenvalue weighted by Gasteiger charge is -2.52. The minimum atomic E-state index is -1.11. The van der Waals surface area contributed by atoms with Crippen molar-refractivity contribution >= 4 is 35.1 Å². The van der Waals surface area contributed by atoms with Crippen molar-refractivity contribution in [3.05, 3.63) is 69.7 Å². The first-order valence-corrected chi connectivity index (χ1v) is 12.6. The first-order valence-electron chi connectivity index (χ1n) is 11.9. The Labute approximate surface area is 210 Å². The van der Waals surface area contributed by atoms with E-state index >= 15 is 0 Å². The number of benzene rings is 2. The molecule has 2 aromatic rings. The molecule has 1 saturated carbocycles. The predicted octanol–water partition coefficient (Wildman–Crippen LogP) is 6.08. The van der Waals surface area contributed by atoms with Crippen molar-refractivity contribution in [2.75, 3.05) is 0 Å². The molecule has 0 bridgehead atoms. The van der Waals surface area contributed by atoms with Gasteiger partial charge < -0.3 is 15.1 Å². The van der Waals surface area contributed by atoms with Gasteiger partial charge in [0.1, 0.15) is 0 Å². The molecule has 2 aromatic carbocycles. The number of aliphatic carboxylic acids is 1. The number of amides is 1. The summed E-state index contributed by atoms with van der Waals surface area (Å²) in [5, 5.41) is 22.1. The van der Waals surface area contributed by atoms with Crippen molar-refractivity contribution in [2.24, 2.45) is 11.3 Å². The zero-order chi connectivity index (χ0) is 24.6. The largest absolute Gasteiger partial charge is 0.481 e. The molecule has 2 fully saturated rings. The highest BCUT2D eigenvalue weighted by atomic mass is 35.5. The third-order valence-corrected chi connectivity index (χ3v) is 7.89. The summed E-state index contributed by atoms with van der Waals surface area (Å²) in [5.74, 6) is -1.27. The van der Waals surface area contributed by atoms with Crippen LogP contribution in [0.5, 0.6) is 0 Å². The molecule has 1 aliphatic heterocycles. The molecule has 5 nitrogen and oxygen atoms in total. The quantitative estimate of drug-likeness (QED) is 0.457. The van der Waals surface area contributed by atoms with Crippen LogP contribution < -0.4 is 0 Å². The molecule has 4 rings (SSSR count). The fourth-order valence-corrected chi connectivity index (χ4v) is 5.92. The standard InChI is InChI=1S/C27H31Cl2NO4/c1-3-22(25(33)17-7-8-17)30-24(16-9-11-19(28)12-10-16)21(18-5-4-6-20(29)13-18)14-27(2,26(30)34)15-23(31)32/h4-6,9-13,17,21-22,24-25,33H,3,7-8,14-15H2,1-2H3,(H,31,32)/t21-,22+,24-,25-,27+/m1/s1. The minimum absolute atomic E-state index is 0.167. The number of carboxylic acids is 1. The van der Waals surface area contributed by atoms with Crippen LogP contribution in [0.4, 0.5) is 0 Å². The molecular weight excluding hydrogens is 473 g/mol. The van der Waals surface area contributed by atoms with Crippen molar-refractivity contribution in [3.8, 4) is 0 Å². The van der Waals surface area contributed by atoms with E-state index in [9.17, 15) is 19.8 Å². The van der Waals surface area contributed by atoms with Crippen LogP contribution in [0, 0.1) is 11.3 Å². The molecule has 182 valence electrons. The summed E-state index contributed by atoms with van der Waals surface area (Å²) >= 11 is 12.5. The highest BCUT2D eigenvalue weighted by Gasteiger charge is 2.54. The lowest BCUT2D eigenvalue weighted by Crippen LogP contribution is -2.59. The number of aliphatic hydroxyl groups excluding tert-OH is 1. The van der Waals surface area contributed by atoms with Crippen LogP contribution >= 0.6 is 23.2 Å². The molecule has 1 saturated heterocycles. The van der Waals surface area contributed by atoms with E-state index in [4.69, 9.17) is 23.2 Å². The molecule has 7 heteroatoms. The predicted molar refractivity (Wildman–Crippen MR) is 133 cm³/mol. The Morgan fingerprint density at radius 2 is 1.79 bits per heavy atom. The second-order valence-electron chi connectivity index (χ2n) is 10.0. The summed E-state index contributed by atoms with van der Waals surface area (Å²) in [6.07, 6.45) is 1.88. The van der Waals surface area contributed by atoms with Gasteiger partial charge in [-0.2, -0.15) is 0 Å². The van der Waals surface area contributed by atoms with Crippen molar-refractivity contribution in [2.45, 2.75) is 70.1 Å². The highest BCUT2D eigenvalue weighted by Crippen LogP contribution is 2.53. The number of aliphatic hydroxyl groups is 1. The first-order chi connectivity index (χ1) is 16.1. The van der Waals surface area contributed by atoms with Crippen LogP contribution in [0.1, 0.15) is 69.0 Å². The molecular formula is C27H31Cl2NO4. The molecule has 0 spiro atoms. The highest BCUT2D eigenvalue weighted by molar-refractivity contribution is 6.30. The lowest BCUT2D eigenvalue weighted by molar-refractivity contribution is -0.164. The van der Waals surface area contributed by atoms with Crippen molar-refractivity contribution in [3.63, 3.8) is 0 Å². The second kappa shape index (κ2) is 9.88. The molecule has 34 heavy (non-hydrogen) atoms. The summed E-state index contributed by atoms with van der Waals surface area (Å²) in [5.41, 5.74) is 0.734. The maximum atomic E-state index is 14.1. The van der Waals surface area contributed by atoms with Crippen molar-refractivity contribution in [1.29, 1.82) is 0 Å². The Bertz CT molecular complexity index is 1050. The summed E-state index contributed by atoms with van der Waals surface area (Å²) < 4.78 is 0. The SMILES string of the molecule is CC[C@@H]([C@H](O)C1CC1)N1C(=O)[C@](C)(CC(=O)O)C[C@H](c2cccc(Cl)c2)[C@H]1c1ccc(Cl)cc1. The number of piperidine rings is 1. The Balaban J connectivity index is 1.90. The van der Waals surface area contributed by atoms with Gasteiger partial charge in [-0.3, -0.25) is 9.59 Å². The van der Waals surface area contributed by atoms with Gasteiger partial charge >= 0.3 is 5.97 Å². The molecule has 2 aliphatic rings. The van der Waals surface area contributed by atoms with E-state index in [0.29, 0.717) is 22.9 Å². The van der Waals surface area contributed by atoms with Gasteiger partial charge in [0.05, 0.1) is 30.0 Å². The Morgan fingerprint density at radius 3 is 2.35 bits per heavy atom. The third-order valence-electron chi connectivity index (χ3n) is 7.41. The maximum absolute atomic E-state index is 14.1. The number of hydrogen-bond acceptors (Lipinski definition) is 3. The van der Waals surface area contributed by atoms with Gasteiger partial charge in [0.2, 0.25) is 5.91 Å². The van der Waals surface area contributed by atoms with Crippen LogP contribution in [0.25, 0.3) is 0 Å². The van der Waals surface area contributed by atoms with Gasteiger partial charge in [-0.15, -0.1) is 0 Å². The summed E-state index contributed by atoms with van der Waals surface area (Å²) in [6, 6.07) is 14.2. The average Bonchev–Trinajstić information content (AvgIpc) is 3.63. The molecule has 1 heterocycles. The number of halogens is 2. The Hall–Kier alpha value is -2.08. The normalized spacial score (nSPS) is 26.9. The number of carbonyl (C=O) groups excluding carboxylic acids is 1.